The minimum Gasteiger partial charge on any atom is -0.411 e. The summed E-state index contributed by atoms with van der Waals surface area (Å²) < 4.78 is 6.20. The zero-order valence-electron chi connectivity index (χ0n) is 16.8. The molecule has 7 heteroatoms. The number of carbonyl (C=O) groups is 1. The van der Waals surface area contributed by atoms with Gasteiger partial charge in [-0.1, -0.05) is 32.4 Å². The van der Waals surface area contributed by atoms with Crippen molar-refractivity contribution in [3.8, 4) is 0 Å². The molecule has 0 saturated heterocycles. The molecule has 0 fully saturated rings. The molecule has 1 N–H and O–H groups in total. The number of nitrogens with one attached hydrogen (secondary N) is 1. The van der Waals surface area contributed by atoms with Crippen LogP contribution in [0.1, 0.15) is 59.0 Å². The van der Waals surface area contributed by atoms with Gasteiger partial charge in [0.1, 0.15) is 5.82 Å². The lowest BCUT2D eigenvalue weighted by Crippen LogP contribution is -2.40. The Morgan fingerprint density at radius 2 is 1.88 bits per heavy atom. The molecule has 0 saturated carbocycles. The molecule has 0 aliphatic rings. The van der Waals surface area contributed by atoms with Crippen LogP contribution in [-0.2, 0) is 22.2 Å². The Hall–Kier alpha value is -0.853. The second-order valence-electron chi connectivity index (χ2n) is 7.92. The Labute approximate surface area is 158 Å². The molecule has 25 heavy (non-hydrogen) atoms. The van der Waals surface area contributed by atoms with E-state index in [0.29, 0.717) is 24.6 Å². The number of H-pyrrole nitrogens is 1. The zero-order valence-corrected chi connectivity index (χ0v) is 18.6. The second kappa shape index (κ2) is 9.19. The third kappa shape index (κ3) is 6.42. The van der Waals surface area contributed by atoms with E-state index < -0.39 is 8.32 Å². The third-order valence-electron chi connectivity index (χ3n) is 5.08. The molecule has 0 spiro atoms. The van der Waals surface area contributed by atoms with Gasteiger partial charge < -0.3 is 14.3 Å². The molecule has 1 heterocycles. The Balaban J connectivity index is 2.55. The minimum absolute atomic E-state index is 0.160. The summed E-state index contributed by atoms with van der Waals surface area (Å²) in [7, 11) is -1.82. The monoisotopic (exact) mass is 387 g/mol. The average molecular weight is 388 g/mol. The van der Waals surface area contributed by atoms with Crippen LogP contribution < -0.4 is 0 Å². The Bertz CT molecular complexity index is 563. The van der Waals surface area contributed by atoms with Crippen molar-refractivity contribution in [2.75, 3.05) is 13.1 Å². The van der Waals surface area contributed by atoms with Crippen LogP contribution in [0.15, 0.2) is 0 Å². The molecule has 0 aromatic carbocycles. The molecule has 1 aromatic heterocycles. The maximum atomic E-state index is 12.0. The number of amides is 1. The van der Waals surface area contributed by atoms with Crippen molar-refractivity contribution < 1.29 is 9.22 Å². The van der Waals surface area contributed by atoms with E-state index in [2.05, 4.69) is 43.8 Å². The summed E-state index contributed by atoms with van der Waals surface area (Å²) in [5.74, 6) is 1.02. The van der Waals surface area contributed by atoms with Crippen molar-refractivity contribution in [2.45, 2.75) is 78.6 Å². The smallest absolute Gasteiger partial charge is 0.222 e. The number of halogens is 1. The molecule has 5 nitrogen and oxygen atoms in total. The summed E-state index contributed by atoms with van der Waals surface area (Å²) in [6.07, 6.45) is 2.02. The molecule has 0 unspecified atom stereocenters. The van der Waals surface area contributed by atoms with Crippen LogP contribution in [0.5, 0.6) is 0 Å². The van der Waals surface area contributed by atoms with E-state index in [9.17, 15) is 4.79 Å². The number of imidazole rings is 1. The van der Waals surface area contributed by atoms with E-state index >= 15 is 0 Å². The molecule has 0 bridgehead atoms. The fourth-order valence-corrected chi connectivity index (χ4v) is 3.41. The lowest BCUT2D eigenvalue weighted by atomic mass is 10.2. The van der Waals surface area contributed by atoms with Gasteiger partial charge in [0.05, 0.1) is 12.3 Å². The number of rotatable bonds is 9. The van der Waals surface area contributed by atoms with Crippen molar-refractivity contribution in [3.05, 3.63) is 16.7 Å². The van der Waals surface area contributed by atoms with Gasteiger partial charge in [0.2, 0.25) is 5.91 Å². The van der Waals surface area contributed by atoms with Crippen molar-refractivity contribution >= 4 is 25.8 Å². The Morgan fingerprint density at radius 1 is 1.28 bits per heavy atom. The molecule has 1 amide bonds. The highest BCUT2D eigenvalue weighted by atomic mass is 35.5. The summed E-state index contributed by atoms with van der Waals surface area (Å²) in [5, 5.41) is 0.636. The van der Waals surface area contributed by atoms with Crippen LogP contribution >= 0.6 is 11.6 Å². The van der Waals surface area contributed by atoms with Gasteiger partial charge in [-0.3, -0.25) is 4.79 Å². The highest BCUT2D eigenvalue weighted by Crippen LogP contribution is 2.37. The molecule has 0 radical (unpaired) electrons. The fourth-order valence-electron chi connectivity index (χ4n) is 2.26. The minimum atomic E-state index is -1.82. The van der Waals surface area contributed by atoms with E-state index in [1.807, 2.05) is 18.7 Å². The van der Waals surface area contributed by atoms with Gasteiger partial charge in [-0.2, -0.15) is 0 Å². The fraction of sp³-hybridized carbons (Fsp3) is 0.778. The molecule has 0 aliphatic heterocycles. The van der Waals surface area contributed by atoms with Gasteiger partial charge in [0, 0.05) is 25.9 Å². The lowest BCUT2D eigenvalue weighted by molar-refractivity contribution is -0.130. The Morgan fingerprint density at radius 3 is 2.40 bits per heavy atom. The highest BCUT2D eigenvalue weighted by Gasteiger charge is 2.37. The number of hydrogen-bond donors (Lipinski definition) is 1. The normalized spacial score (nSPS) is 12.5. The van der Waals surface area contributed by atoms with Crippen molar-refractivity contribution in [2.24, 2.45) is 0 Å². The van der Waals surface area contributed by atoms with Crippen LogP contribution in [0.3, 0.4) is 0 Å². The molecule has 144 valence electrons. The van der Waals surface area contributed by atoms with E-state index in [0.717, 1.165) is 31.0 Å². The molecular formula is C18H34ClN3O2Si. The van der Waals surface area contributed by atoms with Gasteiger partial charge in [0.25, 0.3) is 0 Å². The van der Waals surface area contributed by atoms with Crippen LogP contribution in [-0.4, -0.2) is 42.2 Å². The van der Waals surface area contributed by atoms with Crippen molar-refractivity contribution in [1.29, 1.82) is 0 Å². The van der Waals surface area contributed by atoms with Gasteiger partial charge in [-0.15, -0.1) is 0 Å². The summed E-state index contributed by atoms with van der Waals surface area (Å²) in [5.41, 5.74) is 0.830. The molecule has 0 atom stereocenters. The van der Waals surface area contributed by atoms with Gasteiger partial charge >= 0.3 is 0 Å². The van der Waals surface area contributed by atoms with Gasteiger partial charge in [-0.05, 0) is 38.4 Å². The first-order valence-electron chi connectivity index (χ1n) is 9.16. The summed E-state index contributed by atoms with van der Waals surface area (Å²) in [6.45, 7) is 17.1. The quantitative estimate of drug-likeness (QED) is 0.620. The summed E-state index contributed by atoms with van der Waals surface area (Å²) in [6, 6.07) is 0. The van der Waals surface area contributed by atoms with Crippen LogP contribution in [0.25, 0.3) is 0 Å². The second-order valence-corrected chi connectivity index (χ2v) is 13.1. The predicted octanol–water partition coefficient (Wildman–Crippen LogP) is 4.78. The third-order valence-corrected chi connectivity index (χ3v) is 9.87. The van der Waals surface area contributed by atoms with Gasteiger partial charge in [-0.25, -0.2) is 4.98 Å². The summed E-state index contributed by atoms with van der Waals surface area (Å²) >= 11 is 6.24. The van der Waals surface area contributed by atoms with Crippen molar-refractivity contribution in [3.63, 3.8) is 0 Å². The molecule has 0 aliphatic carbocycles. The standard InChI is InChI=1S/C18H34ClN3O2Si/c1-8-22(9-2)16(23)12-10-11-15-20-14(17(19)21-15)13-24-25(6,7)18(3,4)5/h8-13H2,1-7H3,(H,20,21). The zero-order chi connectivity index (χ0) is 19.3. The number of aromatic amines is 1. The lowest BCUT2D eigenvalue weighted by Gasteiger charge is -2.36. The molecular weight excluding hydrogens is 354 g/mol. The first-order chi connectivity index (χ1) is 11.5. The van der Waals surface area contributed by atoms with Crippen LogP contribution in [0.2, 0.25) is 23.3 Å². The maximum Gasteiger partial charge on any atom is 0.222 e. The molecule has 1 rings (SSSR count). The topological polar surface area (TPSA) is 58.2 Å². The predicted molar refractivity (Wildman–Crippen MR) is 106 cm³/mol. The number of aryl methyl sites for hydroxylation is 1. The molecule has 1 aromatic rings. The van der Waals surface area contributed by atoms with Gasteiger partial charge in [0.15, 0.2) is 13.5 Å². The number of aromatic nitrogens is 2. The summed E-state index contributed by atoms with van der Waals surface area (Å²) in [4.78, 5) is 21.5. The Kier molecular flexibility index (Phi) is 8.16. The number of nitrogens with zero attached hydrogens (tertiary/aromatic N) is 2. The van der Waals surface area contributed by atoms with Crippen LogP contribution in [0.4, 0.5) is 0 Å². The van der Waals surface area contributed by atoms with Crippen molar-refractivity contribution in [1.82, 2.24) is 14.9 Å². The SMILES string of the molecule is CCN(CC)C(=O)CCCc1nc(Cl)c(CO[Si](C)(C)C(C)(C)C)[nH]1. The van der Waals surface area contributed by atoms with Crippen LogP contribution in [0, 0.1) is 0 Å². The highest BCUT2D eigenvalue weighted by molar-refractivity contribution is 6.74. The maximum absolute atomic E-state index is 12.0. The first kappa shape index (κ1) is 22.2. The van der Waals surface area contributed by atoms with E-state index in [1.165, 1.54) is 0 Å². The largest absolute Gasteiger partial charge is 0.411 e. The van der Waals surface area contributed by atoms with E-state index in [-0.39, 0.29) is 10.9 Å². The van der Waals surface area contributed by atoms with E-state index in [1.54, 1.807) is 0 Å². The van der Waals surface area contributed by atoms with E-state index in [4.69, 9.17) is 16.0 Å². The number of hydrogen-bond acceptors (Lipinski definition) is 3. The number of carbonyl (C=O) groups excluding carboxylic acids is 1. The average Bonchev–Trinajstić information content (AvgIpc) is 2.85. The first-order valence-corrected chi connectivity index (χ1v) is 12.5.